The van der Waals surface area contributed by atoms with Crippen LogP contribution < -0.4 is 0 Å². The molecule has 6 nitrogen and oxygen atoms in total. The number of nitrogens with zero attached hydrogens (tertiary/aromatic N) is 2. The maximum atomic E-state index is 12.1. The SMILES string of the molecule is CCC1(C(=O)O)CCN(C(=O)c2cc(C)on2)C1. The molecule has 6 heteroatoms. The Kier molecular flexibility index (Phi) is 3.11. The first-order chi connectivity index (χ1) is 8.48. The van der Waals surface area contributed by atoms with Gasteiger partial charge < -0.3 is 14.5 Å². The lowest BCUT2D eigenvalue weighted by molar-refractivity contribution is -0.148. The fourth-order valence-electron chi connectivity index (χ4n) is 2.29. The van der Waals surface area contributed by atoms with Crippen molar-refractivity contribution in [2.45, 2.75) is 26.7 Å². The molecule has 1 aliphatic rings. The van der Waals surface area contributed by atoms with E-state index in [4.69, 9.17) is 4.52 Å². The molecule has 1 aliphatic heterocycles. The van der Waals surface area contributed by atoms with Gasteiger partial charge in [-0.2, -0.15) is 0 Å². The van der Waals surface area contributed by atoms with Crippen molar-refractivity contribution in [2.75, 3.05) is 13.1 Å². The van der Waals surface area contributed by atoms with Gasteiger partial charge in [-0.1, -0.05) is 12.1 Å². The van der Waals surface area contributed by atoms with E-state index in [-0.39, 0.29) is 18.1 Å². The summed E-state index contributed by atoms with van der Waals surface area (Å²) in [5, 5.41) is 12.9. The van der Waals surface area contributed by atoms with Crippen molar-refractivity contribution in [2.24, 2.45) is 5.41 Å². The highest BCUT2D eigenvalue weighted by Crippen LogP contribution is 2.34. The monoisotopic (exact) mass is 252 g/mol. The van der Waals surface area contributed by atoms with Crippen LogP contribution in [-0.2, 0) is 4.79 Å². The quantitative estimate of drug-likeness (QED) is 0.876. The number of carbonyl (C=O) groups is 2. The molecule has 18 heavy (non-hydrogen) atoms. The highest BCUT2D eigenvalue weighted by molar-refractivity contribution is 5.93. The molecule has 1 fully saturated rings. The van der Waals surface area contributed by atoms with Crippen molar-refractivity contribution >= 4 is 11.9 Å². The van der Waals surface area contributed by atoms with E-state index in [0.717, 1.165) is 0 Å². The molecular formula is C12H16N2O4. The largest absolute Gasteiger partial charge is 0.481 e. The summed E-state index contributed by atoms with van der Waals surface area (Å²) in [4.78, 5) is 24.9. The van der Waals surface area contributed by atoms with Crippen molar-refractivity contribution in [1.29, 1.82) is 0 Å². The number of aryl methyl sites for hydroxylation is 1. The van der Waals surface area contributed by atoms with Crippen LogP contribution in [0.1, 0.15) is 36.0 Å². The van der Waals surface area contributed by atoms with Crippen LogP contribution in [-0.4, -0.2) is 40.1 Å². The Hall–Kier alpha value is -1.85. The van der Waals surface area contributed by atoms with Gasteiger partial charge in [0.2, 0.25) is 0 Å². The molecular weight excluding hydrogens is 236 g/mol. The Morgan fingerprint density at radius 1 is 1.61 bits per heavy atom. The number of amides is 1. The lowest BCUT2D eigenvalue weighted by atomic mass is 9.84. The molecule has 0 saturated carbocycles. The third-order valence-corrected chi connectivity index (χ3v) is 3.62. The van der Waals surface area contributed by atoms with Gasteiger partial charge in [-0.15, -0.1) is 0 Å². The second kappa shape index (κ2) is 4.44. The molecule has 2 rings (SSSR count). The molecule has 1 amide bonds. The van der Waals surface area contributed by atoms with Gasteiger partial charge in [0.1, 0.15) is 5.76 Å². The van der Waals surface area contributed by atoms with Crippen LogP contribution in [0.5, 0.6) is 0 Å². The van der Waals surface area contributed by atoms with Gasteiger partial charge in [0, 0.05) is 19.2 Å². The Labute approximate surface area is 105 Å². The maximum absolute atomic E-state index is 12.1. The van der Waals surface area contributed by atoms with E-state index in [9.17, 15) is 14.7 Å². The minimum atomic E-state index is -0.836. The molecule has 0 aromatic carbocycles. The van der Waals surface area contributed by atoms with Gasteiger partial charge in [0.25, 0.3) is 5.91 Å². The Morgan fingerprint density at radius 2 is 2.33 bits per heavy atom. The van der Waals surface area contributed by atoms with Gasteiger partial charge >= 0.3 is 5.97 Å². The van der Waals surface area contributed by atoms with Gasteiger partial charge in [-0.25, -0.2) is 0 Å². The molecule has 1 aromatic rings. The van der Waals surface area contributed by atoms with Crippen LogP contribution in [0.4, 0.5) is 0 Å². The van der Waals surface area contributed by atoms with Crippen LogP contribution in [0.2, 0.25) is 0 Å². The highest BCUT2D eigenvalue weighted by atomic mass is 16.5. The first kappa shape index (κ1) is 12.6. The maximum Gasteiger partial charge on any atom is 0.311 e. The summed E-state index contributed by atoms with van der Waals surface area (Å²) in [6.07, 6.45) is 1.01. The van der Waals surface area contributed by atoms with Gasteiger partial charge in [-0.3, -0.25) is 9.59 Å². The lowest BCUT2D eigenvalue weighted by Crippen LogP contribution is -2.36. The molecule has 1 saturated heterocycles. The molecule has 0 bridgehead atoms. The molecule has 2 heterocycles. The molecule has 98 valence electrons. The predicted octanol–water partition coefficient (Wildman–Crippen LogP) is 1.31. The number of aliphatic carboxylic acids is 1. The van der Waals surface area contributed by atoms with E-state index in [0.29, 0.717) is 25.1 Å². The molecule has 1 atom stereocenters. The average Bonchev–Trinajstić information content (AvgIpc) is 2.95. The van der Waals surface area contributed by atoms with Crippen molar-refractivity contribution < 1.29 is 19.2 Å². The van der Waals surface area contributed by atoms with E-state index in [1.54, 1.807) is 13.0 Å². The summed E-state index contributed by atoms with van der Waals surface area (Å²) >= 11 is 0. The molecule has 0 radical (unpaired) electrons. The van der Waals surface area contributed by atoms with E-state index in [2.05, 4.69) is 5.16 Å². The van der Waals surface area contributed by atoms with Crippen molar-refractivity contribution in [3.05, 3.63) is 17.5 Å². The third kappa shape index (κ3) is 1.98. The van der Waals surface area contributed by atoms with Crippen molar-refractivity contribution in [1.82, 2.24) is 10.1 Å². The smallest absolute Gasteiger partial charge is 0.311 e. The number of hydrogen-bond donors (Lipinski definition) is 1. The van der Waals surface area contributed by atoms with Crippen molar-refractivity contribution in [3.63, 3.8) is 0 Å². The number of carboxylic acid groups (broad SMARTS) is 1. The van der Waals surface area contributed by atoms with Gasteiger partial charge in [-0.05, 0) is 19.8 Å². The van der Waals surface area contributed by atoms with E-state index < -0.39 is 11.4 Å². The van der Waals surface area contributed by atoms with E-state index >= 15 is 0 Å². The zero-order valence-corrected chi connectivity index (χ0v) is 10.5. The summed E-state index contributed by atoms with van der Waals surface area (Å²) in [6, 6.07) is 1.56. The third-order valence-electron chi connectivity index (χ3n) is 3.62. The zero-order chi connectivity index (χ0) is 13.3. The molecule has 0 aliphatic carbocycles. The van der Waals surface area contributed by atoms with Gasteiger partial charge in [0.05, 0.1) is 5.41 Å². The Bertz CT molecular complexity index is 482. The van der Waals surface area contributed by atoms with E-state index in [1.165, 1.54) is 4.90 Å². The van der Waals surface area contributed by atoms with Crippen LogP contribution in [0, 0.1) is 12.3 Å². The number of carbonyl (C=O) groups excluding carboxylic acids is 1. The molecule has 1 N–H and O–H groups in total. The lowest BCUT2D eigenvalue weighted by Gasteiger charge is -2.22. The standard InChI is InChI=1S/C12H16N2O4/c1-3-12(11(16)17)4-5-14(7-12)10(15)9-6-8(2)18-13-9/h6H,3-5,7H2,1-2H3,(H,16,17). The summed E-state index contributed by atoms with van der Waals surface area (Å²) in [5.74, 6) is -0.530. The summed E-state index contributed by atoms with van der Waals surface area (Å²) in [7, 11) is 0. The van der Waals surface area contributed by atoms with Crippen LogP contribution in [0.15, 0.2) is 10.6 Å². The first-order valence-corrected chi connectivity index (χ1v) is 5.94. The molecule has 0 spiro atoms. The number of aromatic nitrogens is 1. The second-order valence-electron chi connectivity index (χ2n) is 4.74. The fourth-order valence-corrected chi connectivity index (χ4v) is 2.29. The van der Waals surface area contributed by atoms with Crippen LogP contribution in [0.25, 0.3) is 0 Å². The van der Waals surface area contributed by atoms with Crippen LogP contribution >= 0.6 is 0 Å². The summed E-state index contributed by atoms with van der Waals surface area (Å²) in [6.45, 7) is 4.23. The first-order valence-electron chi connectivity index (χ1n) is 5.94. The second-order valence-corrected chi connectivity index (χ2v) is 4.74. The zero-order valence-electron chi connectivity index (χ0n) is 10.5. The Balaban J connectivity index is 2.13. The number of hydrogen-bond acceptors (Lipinski definition) is 4. The number of rotatable bonds is 3. The fraction of sp³-hybridized carbons (Fsp3) is 0.583. The predicted molar refractivity (Wildman–Crippen MR) is 62.1 cm³/mol. The highest BCUT2D eigenvalue weighted by Gasteiger charge is 2.45. The minimum absolute atomic E-state index is 0.240. The normalized spacial score (nSPS) is 23.3. The number of likely N-dealkylation sites (tertiary alicyclic amines) is 1. The minimum Gasteiger partial charge on any atom is -0.481 e. The van der Waals surface area contributed by atoms with Gasteiger partial charge in [0.15, 0.2) is 5.69 Å². The average molecular weight is 252 g/mol. The molecule has 1 aromatic heterocycles. The summed E-state index contributed by atoms with van der Waals surface area (Å²) in [5.41, 5.74) is -0.571. The topological polar surface area (TPSA) is 83.6 Å². The summed E-state index contributed by atoms with van der Waals surface area (Å²) < 4.78 is 4.86. The molecule has 1 unspecified atom stereocenters. The van der Waals surface area contributed by atoms with Crippen LogP contribution in [0.3, 0.4) is 0 Å². The Morgan fingerprint density at radius 3 is 2.78 bits per heavy atom. The van der Waals surface area contributed by atoms with Crippen molar-refractivity contribution in [3.8, 4) is 0 Å². The van der Waals surface area contributed by atoms with E-state index in [1.807, 2.05) is 6.92 Å². The number of carboxylic acids is 1.